The molecule has 1 unspecified atom stereocenters. The Morgan fingerprint density at radius 1 is 1.28 bits per heavy atom. The summed E-state index contributed by atoms with van der Waals surface area (Å²) in [4.78, 5) is 11.8. The van der Waals surface area contributed by atoms with Gasteiger partial charge in [-0.25, -0.2) is 8.42 Å². The van der Waals surface area contributed by atoms with Gasteiger partial charge in [0.15, 0.2) is 5.78 Å². The van der Waals surface area contributed by atoms with Crippen molar-refractivity contribution in [2.24, 2.45) is 0 Å². The molecule has 5 heteroatoms. The SMILES string of the molecule is CC(=O)[C@]1(C)[C@@H](C)N1S(=O)(=O)c1ccc(C)cc1. The smallest absolute Gasteiger partial charge is 0.244 e. The molecule has 1 aliphatic heterocycles. The summed E-state index contributed by atoms with van der Waals surface area (Å²) in [5.74, 6) is -0.120. The van der Waals surface area contributed by atoms with Crippen LogP contribution in [0.15, 0.2) is 29.2 Å². The number of aryl methyl sites for hydroxylation is 1. The molecule has 0 radical (unpaired) electrons. The van der Waals surface area contributed by atoms with Gasteiger partial charge in [0.25, 0.3) is 0 Å². The van der Waals surface area contributed by atoms with Crippen molar-refractivity contribution in [1.82, 2.24) is 4.31 Å². The molecule has 0 N–H and O–H groups in total. The van der Waals surface area contributed by atoms with E-state index in [9.17, 15) is 13.2 Å². The number of ketones is 1. The molecule has 0 spiro atoms. The number of sulfonamides is 1. The first kappa shape index (κ1) is 13.2. The standard InChI is InChI=1S/C13H17NO3S/c1-9-5-7-12(8-6-9)18(16,17)14-10(2)13(14,4)11(3)15/h5-8,10H,1-4H3/t10-,13+,14?/m1/s1. The van der Waals surface area contributed by atoms with Crippen molar-refractivity contribution in [3.63, 3.8) is 0 Å². The van der Waals surface area contributed by atoms with E-state index in [2.05, 4.69) is 0 Å². The first-order chi connectivity index (χ1) is 8.22. The van der Waals surface area contributed by atoms with E-state index in [1.54, 1.807) is 38.1 Å². The van der Waals surface area contributed by atoms with Gasteiger partial charge in [-0.05, 0) is 39.8 Å². The minimum atomic E-state index is -3.57. The van der Waals surface area contributed by atoms with Gasteiger partial charge in [0.1, 0.15) is 5.54 Å². The van der Waals surface area contributed by atoms with E-state index in [1.165, 1.54) is 11.2 Å². The van der Waals surface area contributed by atoms with Crippen molar-refractivity contribution >= 4 is 15.8 Å². The van der Waals surface area contributed by atoms with Crippen LogP contribution in [-0.4, -0.2) is 30.1 Å². The zero-order valence-electron chi connectivity index (χ0n) is 11.0. The Morgan fingerprint density at radius 3 is 2.17 bits per heavy atom. The fourth-order valence-electron chi connectivity index (χ4n) is 2.25. The minimum Gasteiger partial charge on any atom is -0.298 e. The van der Waals surface area contributed by atoms with Crippen molar-refractivity contribution in [3.05, 3.63) is 29.8 Å². The number of benzene rings is 1. The third kappa shape index (κ3) is 1.69. The normalized spacial score (nSPS) is 31.1. The Balaban J connectivity index is 2.41. The molecule has 1 heterocycles. The molecule has 1 aliphatic rings. The van der Waals surface area contributed by atoms with E-state index in [0.29, 0.717) is 0 Å². The van der Waals surface area contributed by atoms with Crippen LogP contribution < -0.4 is 0 Å². The van der Waals surface area contributed by atoms with Crippen LogP contribution in [0.1, 0.15) is 26.3 Å². The lowest BCUT2D eigenvalue weighted by Crippen LogP contribution is -2.27. The number of carbonyl (C=O) groups is 1. The van der Waals surface area contributed by atoms with Crippen LogP contribution in [0.2, 0.25) is 0 Å². The summed E-state index contributed by atoms with van der Waals surface area (Å²) in [6, 6.07) is 6.39. The number of Topliss-reactive ketones (excluding diaryl/α,β-unsaturated/α-hetero) is 1. The lowest BCUT2D eigenvalue weighted by Gasteiger charge is -2.10. The van der Waals surface area contributed by atoms with Crippen molar-refractivity contribution in [2.45, 2.75) is 44.2 Å². The highest BCUT2D eigenvalue weighted by molar-refractivity contribution is 7.89. The summed E-state index contributed by atoms with van der Waals surface area (Å²) in [5.41, 5.74) is 0.117. The van der Waals surface area contributed by atoms with Gasteiger partial charge in [-0.1, -0.05) is 17.7 Å². The van der Waals surface area contributed by atoms with Gasteiger partial charge in [-0.15, -0.1) is 0 Å². The molecule has 1 saturated heterocycles. The van der Waals surface area contributed by atoms with Crippen molar-refractivity contribution in [1.29, 1.82) is 0 Å². The third-order valence-electron chi connectivity index (χ3n) is 3.85. The predicted octanol–water partition coefficient (Wildman–Crippen LogP) is 1.74. The number of nitrogens with zero attached hydrogens (tertiary/aromatic N) is 1. The molecule has 0 bridgehead atoms. The van der Waals surface area contributed by atoms with Gasteiger partial charge in [0, 0.05) is 6.04 Å². The molecular formula is C13H17NO3S. The zero-order chi connectivity index (χ0) is 13.7. The van der Waals surface area contributed by atoms with Crippen LogP contribution in [-0.2, 0) is 14.8 Å². The summed E-state index contributed by atoms with van der Waals surface area (Å²) < 4.78 is 26.1. The van der Waals surface area contributed by atoms with Gasteiger partial charge in [0.2, 0.25) is 10.0 Å². The second kappa shape index (κ2) is 3.90. The Kier molecular flexibility index (Phi) is 2.87. The maximum atomic E-state index is 12.4. The molecule has 1 aromatic carbocycles. The second-order valence-electron chi connectivity index (χ2n) is 4.99. The molecule has 18 heavy (non-hydrogen) atoms. The van der Waals surface area contributed by atoms with Gasteiger partial charge in [-0.3, -0.25) is 4.79 Å². The molecule has 1 aromatic rings. The van der Waals surface area contributed by atoms with Crippen LogP contribution >= 0.6 is 0 Å². The fourth-order valence-corrected chi connectivity index (χ4v) is 4.31. The average Bonchev–Trinajstić information content (AvgIpc) is 2.84. The van der Waals surface area contributed by atoms with Crippen molar-refractivity contribution < 1.29 is 13.2 Å². The fraction of sp³-hybridized carbons (Fsp3) is 0.462. The lowest BCUT2D eigenvalue weighted by molar-refractivity contribution is -0.119. The first-order valence-corrected chi connectivity index (χ1v) is 7.28. The molecule has 2 rings (SSSR count). The topological polar surface area (TPSA) is 54.2 Å². The number of hydrogen-bond donors (Lipinski definition) is 0. The summed E-state index contributed by atoms with van der Waals surface area (Å²) in [5, 5.41) is 0. The minimum absolute atomic E-state index is 0.120. The Hall–Kier alpha value is -1.20. The molecule has 0 aliphatic carbocycles. The van der Waals surface area contributed by atoms with E-state index in [4.69, 9.17) is 0 Å². The molecule has 1 fully saturated rings. The van der Waals surface area contributed by atoms with Crippen molar-refractivity contribution in [2.75, 3.05) is 0 Å². The Morgan fingerprint density at radius 2 is 1.78 bits per heavy atom. The average molecular weight is 267 g/mol. The largest absolute Gasteiger partial charge is 0.298 e. The van der Waals surface area contributed by atoms with E-state index in [-0.39, 0.29) is 16.7 Å². The van der Waals surface area contributed by atoms with Crippen molar-refractivity contribution in [3.8, 4) is 0 Å². The number of rotatable bonds is 3. The van der Waals surface area contributed by atoms with Gasteiger partial charge < -0.3 is 0 Å². The summed E-state index contributed by atoms with van der Waals surface area (Å²) in [7, 11) is -3.57. The highest BCUT2D eigenvalue weighted by atomic mass is 32.2. The van der Waals surface area contributed by atoms with E-state index >= 15 is 0 Å². The molecule has 0 amide bonds. The van der Waals surface area contributed by atoms with Crippen LogP contribution in [0.5, 0.6) is 0 Å². The summed E-state index contributed by atoms with van der Waals surface area (Å²) >= 11 is 0. The highest BCUT2D eigenvalue weighted by Gasteiger charge is 2.66. The molecule has 4 nitrogen and oxygen atoms in total. The molecule has 0 saturated carbocycles. The summed E-state index contributed by atoms with van der Waals surface area (Å²) in [6.07, 6.45) is 0. The Labute approximate surface area is 108 Å². The van der Waals surface area contributed by atoms with Crippen LogP contribution in [0.25, 0.3) is 0 Å². The Bertz CT molecular complexity index is 591. The van der Waals surface area contributed by atoms with Crippen LogP contribution in [0.4, 0.5) is 0 Å². The monoisotopic (exact) mass is 267 g/mol. The quantitative estimate of drug-likeness (QED) is 0.784. The van der Waals surface area contributed by atoms with E-state index < -0.39 is 15.6 Å². The maximum absolute atomic E-state index is 12.4. The number of hydrogen-bond acceptors (Lipinski definition) is 3. The van der Waals surface area contributed by atoms with Crippen LogP contribution in [0.3, 0.4) is 0 Å². The maximum Gasteiger partial charge on any atom is 0.244 e. The zero-order valence-corrected chi connectivity index (χ0v) is 11.8. The first-order valence-electron chi connectivity index (χ1n) is 5.84. The van der Waals surface area contributed by atoms with Gasteiger partial charge in [0.05, 0.1) is 4.90 Å². The molecule has 0 aromatic heterocycles. The predicted molar refractivity (Wildman–Crippen MR) is 68.8 cm³/mol. The van der Waals surface area contributed by atoms with E-state index in [0.717, 1.165) is 5.56 Å². The van der Waals surface area contributed by atoms with Gasteiger partial charge in [-0.2, -0.15) is 4.31 Å². The molecular weight excluding hydrogens is 250 g/mol. The lowest BCUT2D eigenvalue weighted by atomic mass is 10.1. The number of carbonyl (C=O) groups excluding carboxylic acids is 1. The van der Waals surface area contributed by atoms with E-state index in [1.807, 2.05) is 6.92 Å². The van der Waals surface area contributed by atoms with Crippen LogP contribution in [0, 0.1) is 6.92 Å². The third-order valence-corrected chi connectivity index (χ3v) is 5.93. The molecule has 98 valence electrons. The molecule has 3 atom stereocenters. The highest BCUT2D eigenvalue weighted by Crippen LogP contribution is 2.46. The van der Waals surface area contributed by atoms with Gasteiger partial charge >= 0.3 is 0 Å². The summed E-state index contributed by atoms with van der Waals surface area (Å²) in [6.45, 7) is 6.76. The second-order valence-corrected chi connectivity index (χ2v) is 6.81.